The smallest absolute Gasteiger partial charge is 0.0994 e. The van der Waals surface area contributed by atoms with Gasteiger partial charge >= 0.3 is 0 Å². The van der Waals surface area contributed by atoms with E-state index in [1.165, 1.54) is 11.9 Å². The Morgan fingerprint density at radius 1 is 1.40 bits per heavy atom. The Balaban J connectivity index is 3.00. The summed E-state index contributed by atoms with van der Waals surface area (Å²) in [6.45, 7) is 2.00. The van der Waals surface area contributed by atoms with Gasteiger partial charge in [0.1, 0.15) is 0 Å². The van der Waals surface area contributed by atoms with E-state index in [0.29, 0.717) is 11.1 Å². The van der Waals surface area contributed by atoms with Crippen molar-refractivity contribution >= 4 is 11.9 Å². The number of nitrogens with zero attached hydrogens (tertiary/aromatic N) is 2. The summed E-state index contributed by atoms with van der Waals surface area (Å²) in [6.07, 6.45) is 0.746. The Morgan fingerprint density at radius 2 is 2.13 bits per heavy atom. The SMILES string of the molecule is CC(Cc1ccc(C#N)cc1C#N)SN. The number of hydrogen-bond acceptors (Lipinski definition) is 4. The minimum atomic E-state index is 0.269. The number of rotatable bonds is 3. The molecule has 3 nitrogen and oxygen atoms in total. The van der Waals surface area contributed by atoms with E-state index in [1.807, 2.05) is 19.1 Å². The average molecular weight is 217 g/mol. The molecule has 0 amide bonds. The average Bonchev–Trinajstić information content (AvgIpc) is 2.29. The van der Waals surface area contributed by atoms with E-state index in [2.05, 4.69) is 6.07 Å². The molecule has 0 heterocycles. The molecule has 15 heavy (non-hydrogen) atoms. The molecule has 0 saturated heterocycles. The van der Waals surface area contributed by atoms with Crippen LogP contribution in [0.4, 0.5) is 0 Å². The van der Waals surface area contributed by atoms with Crippen molar-refractivity contribution in [2.75, 3.05) is 0 Å². The van der Waals surface area contributed by atoms with Crippen molar-refractivity contribution in [1.82, 2.24) is 0 Å². The Labute approximate surface area is 93.6 Å². The zero-order valence-corrected chi connectivity index (χ0v) is 9.21. The van der Waals surface area contributed by atoms with Gasteiger partial charge in [0.05, 0.1) is 23.3 Å². The Bertz CT molecular complexity index is 428. The van der Waals surface area contributed by atoms with Gasteiger partial charge in [-0.2, -0.15) is 10.5 Å². The predicted octanol–water partition coefficient (Wildman–Crippen LogP) is 1.97. The van der Waals surface area contributed by atoms with Gasteiger partial charge in [-0.15, -0.1) is 0 Å². The third-order valence-electron chi connectivity index (χ3n) is 2.10. The maximum Gasteiger partial charge on any atom is 0.0994 e. The van der Waals surface area contributed by atoms with Crippen LogP contribution < -0.4 is 5.14 Å². The van der Waals surface area contributed by atoms with Crippen molar-refractivity contribution in [2.45, 2.75) is 18.6 Å². The van der Waals surface area contributed by atoms with Gasteiger partial charge in [0.2, 0.25) is 0 Å². The van der Waals surface area contributed by atoms with Crippen molar-refractivity contribution in [3.05, 3.63) is 34.9 Å². The van der Waals surface area contributed by atoms with Crippen LogP contribution in [0.1, 0.15) is 23.6 Å². The molecule has 0 spiro atoms. The van der Waals surface area contributed by atoms with Crippen LogP contribution in [0.15, 0.2) is 18.2 Å². The molecule has 1 unspecified atom stereocenters. The largest absolute Gasteiger partial charge is 0.278 e. The van der Waals surface area contributed by atoms with Gasteiger partial charge in [-0.05, 0) is 24.1 Å². The van der Waals surface area contributed by atoms with E-state index < -0.39 is 0 Å². The van der Waals surface area contributed by atoms with E-state index in [0.717, 1.165) is 12.0 Å². The maximum absolute atomic E-state index is 8.93. The highest BCUT2D eigenvalue weighted by Gasteiger charge is 2.07. The fraction of sp³-hybridized carbons (Fsp3) is 0.273. The third kappa shape index (κ3) is 2.99. The van der Waals surface area contributed by atoms with Gasteiger partial charge in [0.25, 0.3) is 0 Å². The fourth-order valence-electron chi connectivity index (χ4n) is 1.29. The molecule has 0 aromatic heterocycles. The highest BCUT2D eigenvalue weighted by atomic mass is 32.2. The summed E-state index contributed by atoms with van der Waals surface area (Å²) >= 11 is 1.27. The highest BCUT2D eigenvalue weighted by Crippen LogP contribution is 2.16. The molecular weight excluding hydrogens is 206 g/mol. The van der Waals surface area contributed by atoms with E-state index in [4.69, 9.17) is 15.7 Å². The van der Waals surface area contributed by atoms with Gasteiger partial charge < -0.3 is 0 Å². The van der Waals surface area contributed by atoms with Crippen LogP contribution in [-0.4, -0.2) is 5.25 Å². The number of benzene rings is 1. The van der Waals surface area contributed by atoms with Crippen molar-refractivity contribution in [3.63, 3.8) is 0 Å². The van der Waals surface area contributed by atoms with Crippen molar-refractivity contribution in [3.8, 4) is 12.1 Å². The summed E-state index contributed by atoms with van der Waals surface area (Å²) in [5.74, 6) is 0. The lowest BCUT2D eigenvalue weighted by molar-refractivity contribution is 0.939. The minimum Gasteiger partial charge on any atom is -0.278 e. The Kier molecular flexibility index (Phi) is 4.17. The van der Waals surface area contributed by atoms with Crippen molar-refractivity contribution in [1.29, 1.82) is 10.5 Å². The standard InChI is InChI=1S/C11H11N3S/c1-8(15-14)4-10-3-2-9(6-12)5-11(10)7-13/h2-3,5,8H,4,14H2,1H3. The Hall–Kier alpha value is -1.49. The van der Waals surface area contributed by atoms with Crippen LogP contribution >= 0.6 is 11.9 Å². The third-order valence-corrected chi connectivity index (χ3v) is 2.73. The number of nitrogens with two attached hydrogens (primary N) is 1. The number of nitriles is 2. The van der Waals surface area contributed by atoms with E-state index in [1.54, 1.807) is 12.1 Å². The van der Waals surface area contributed by atoms with Crippen molar-refractivity contribution in [2.24, 2.45) is 5.14 Å². The lowest BCUT2D eigenvalue weighted by Crippen LogP contribution is -2.06. The number of hydrogen-bond donors (Lipinski definition) is 1. The zero-order chi connectivity index (χ0) is 11.3. The molecule has 1 rings (SSSR count). The monoisotopic (exact) mass is 217 g/mol. The molecular formula is C11H11N3S. The predicted molar refractivity (Wildman–Crippen MR) is 60.8 cm³/mol. The Morgan fingerprint density at radius 3 is 2.67 bits per heavy atom. The summed E-state index contributed by atoms with van der Waals surface area (Å²) in [5, 5.41) is 23.3. The van der Waals surface area contributed by atoms with Crippen molar-refractivity contribution < 1.29 is 0 Å². The molecule has 2 N–H and O–H groups in total. The quantitative estimate of drug-likeness (QED) is 0.785. The molecule has 1 aromatic rings. The normalized spacial score (nSPS) is 11.5. The van der Waals surface area contributed by atoms with Gasteiger partial charge in [0.15, 0.2) is 0 Å². The van der Waals surface area contributed by atoms with E-state index in [9.17, 15) is 0 Å². The lowest BCUT2D eigenvalue weighted by atomic mass is 10.0. The van der Waals surface area contributed by atoms with Gasteiger partial charge in [-0.25, -0.2) is 0 Å². The highest BCUT2D eigenvalue weighted by molar-refractivity contribution is 7.97. The first-order valence-electron chi connectivity index (χ1n) is 4.50. The maximum atomic E-state index is 8.93. The summed E-state index contributed by atoms with van der Waals surface area (Å²) in [6, 6.07) is 9.28. The van der Waals surface area contributed by atoms with E-state index >= 15 is 0 Å². The minimum absolute atomic E-state index is 0.269. The summed E-state index contributed by atoms with van der Waals surface area (Å²) in [5.41, 5.74) is 2.03. The lowest BCUT2D eigenvalue weighted by Gasteiger charge is -2.08. The van der Waals surface area contributed by atoms with E-state index in [-0.39, 0.29) is 5.25 Å². The first kappa shape index (κ1) is 11.6. The molecule has 0 radical (unpaired) electrons. The van der Waals surface area contributed by atoms with Gasteiger partial charge in [-0.3, -0.25) is 5.14 Å². The summed E-state index contributed by atoms with van der Waals surface area (Å²) < 4.78 is 0. The first-order valence-corrected chi connectivity index (χ1v) is 5.44. The molecule has 0 aliphatic rings. The molecule has 1 atom stereocenters. The molecule has 0 bridgehead atoms. The molecule has 4 heteroatoms. The summed E-state index contributed by atoms with van der Waals surface area (Å²) in [7, 11) is 0. The summed E-state index contributed by atoms with van der Waals surface area (Å²) in [4.78, 5) is 0. The molecule has 0 aliphatic heterocycles. The van der Waals surface area contributed by atoms with Crippen LogP contribution in [0.5, 0.6) is 0 Å². The molecule has 1 aromatic carbocycles. The molecule has 76 valence electrons. The van der Waals surface area contributed by atoms with Crippen LogP contribution in [0.25, 0.3) is 0 Å². The molecule has 0 saturated carbocycles. The fourth-order valence-corrected chi connectivity index (χ4v) is 1.56. The second-order valence-corrected chi connectivity index (χ2v) is 4.32. The van der Waals surface area contributed by atoms with Gasteiger partial charge in [0, 0.05) is 5.25 Å². The van der Waals surface area contributed by atoms with Crippen LogP contribution in [0.3, 0.4) is 0 Å². The topological polar surface area (TPSA) is 73.6 Å². The zero-order valence-electron chi connectivity index (χ0n) is 8.40. The van der Waals surface area contributed by atoms with Crippen LogP contribution in [0, 0.1) is 22.7 Å². The van der Waals surface area contributed by atoms with Gasteiger partial charge in [-0.1, -0.05) is 24.9 Å². The second-order valence-electron chi connectivity index (χ2n) is 3.25. The molecule has 0 fully saturated rings. The van der Waals surface area contributed by atoms with Crippen LogP contribution in [-0.2, 0) is 6.42 Å². The van der Waals surface area contributed by atoms with Crippen LogP contribution in [0.2, 0.25) is 0 Å². The molecule has 0 aliphatic carbocycles. The second kappa shape index (κ2) is 5.41. The first-order chi connectivity index (χ1) is 7.21.